The summed E-state index contributed by atoms with van der Waals surface area (Å²) in [5.41, 5.74) is 3.38. The molecule has 30 heavy (non-hydrogen) atoms. The summed E-state index contributed by atoms with van der Waals surface area (Å²) in [5.74, 6) is 1.63. The topological polar surface area (TPSA) is 77.1 Å². The van der Waals surface area contributed by atoms with Crippen LogP contribution in [0.1, 0.15) is 5.56 Å². The number of aromatic hydroxyl groups is 1. The summed E-state index contributed by atoms with van der Waals surface area (Å²) in [5, 5.41) is 10.3. The molecular weight excluding hydrogens is 516 g/mol. The highest BCUT2D eigenvalue weighted by molar-refractivity contribution is 9.10. The largest absolute Gasteiger partial charge is 0.504 e. The van der Waals surface area contributed by atoms with Crippen molar-refractivity contribution >= 4 is 54.9 Å². The molecule has 4 rings (SSSR count). The summed E-state index contributed by atoms with van der Waals surface area (Å²) in [6.45, 7) is 0. The average Bonchev–Trinajstić information content (AvgIpc) is 3.17. The molecule has 0 aliphatic carbocycles. The van der Waals surface area contributed by atoms with Crippen LogP contribution in [-0.4, -0.2) is 30.5 Å². The monoisotopic (exact) mass is 530 g/mol. The summed E-state index contributed by atoms with van der Waals surface area (Å²) < 4.78 is 17.9. The molecule has 0 unspecified atom stereocenters. The number of nitrogens with zero attached hydrogens (tertiary/aromatic N) is 2. The van der Waals surface area contributed by atoms with E-state index < -0.39 is 0 Å². The van der Waals surface area contributed by atoms with Gasteiger partial charge in [0.05, 0.1) is 24.4 Å². The van der Waals surface area contributed by atoms with Crippen molar-refractivity contribution in [3.8, 4) is 28.7 Å². The van der Waals surface area contributed by atoms with Crippen LogP contribution in [0, 0.1) is 0 Å². The van der Waals surface area contributed by atoms with Gasteiger partial charge in [0.1, 0.15) is 11.3 Å². The molecule has 0 amide bonds. The van der Waals surface area contributed by atoms with E-state index in [-0.39, 0.29) is 5.75 Å². The fourth-order valence-corrected chi connectivity index (χ4v) is 3.91. The number of halogens is 2. The minimum absolute atomic E-state index is 0.0272. The van der Waals surface area contributed by atoms with Crippen LogP contribution in [0.25, 0.3) is 22.6 Å². The molecule has 152 valence electrons. The lowest BCUT2D eigenvalue weighted by Crippen LogP contribution is -1.89. The summed E-state index contributed by atoms with van der Waals surface area (Å²) in [6.07, 6.45) is 1.57. The predicted molar refractivity (Wildman–Crippen MR) is 123 cm³/mol. The Morgan fingerprint density at radius 3 is 2.53 bits per heavy atom. The Kier molecular flexibility index (Phi) is 5.78. The zero-order valence-corrected chi connectivity index (χ0v) is 19.2. The maximum Gasteiger partial charge on any atom is 0.227 e. The maximum atomic E-state index is 10.3. The Bertz CT molecular complexity index is 1270. The Hall–Kier alpha value is -2.84. The third kappa shape index (κ3) is 4.06. The van der Waals surface area contributed by atoms with E-state index >= 15 is 0 Å². The van der Waals surface area contributed by atoms with E-state index in [4.69, 9.17) is 13.9 Å². The molecular formula is C22H16Br2N2O4. The fraction of sp³-hybridized carbons (Fsp3) is 0.0909. The summed E-state index contributed by atoms with van der Waals surface area (Å²) in [7, 11) is 3.12. The molecule has 0 saturated carbocycles. The van der Waals surface area contributed by atoms with Crippen LogP contribution in [0.15, 0.2) is 66.9 Å². The average molecular weight is 532 g/mol. The summed E-state index contributed by atoms with van der Waals surface area (Å²) in [4.78, 5) is 9.03. The zero-order chi connectivity index (χ0) is 21.3. The third-order valence-electron chi connectivity index (χ3n) is 4.41. The first-order valence-electron chi connectivity index (χ1n) is 8.83. The second kappa shape index (κ2) is 8.49. The van der Waals surface area contributed by atoms with Crippen LogP contribution < -0.4 is 9.47 Å². The third-order valence-corrected chi connectivity index (χ3v) is 5.49. The minimum atomic E-state index is 0.0272. The Morgan fingerprint density at radius 2 is 1.80 bits per heavy atom. The molecule has 3 aromatic carbocycles. The number of hydrogen-bond donors (Lipinski definition) is 1. The van der Waals surface area contributed by atoms with Gasteiger partial charge in [-0.05, 0) is 64.5 Å². The highest BCUT2D eigenvalue weighted by atomic mass is 79.9. The number of oxazole rings is 1. The van der Waals surface area contributed by atoms with Gasteiger partial charge in [-0.15, -0.1) is 0 Å². The summed E-state index contributed by atoms with van der Waals surface area (Å²) >= 11 is 6.88. The number of aliphatic imine (C=N–C) groups is 1. The van der Waals surface area contributed by atoms with E-state index in [2.05, 4.69) is 41.8 Å². The number of rotatable bonds is 5. The van der Waals surface area contributed by atoms with Crippen LogP contribution in [0.4, 0.5) is 5.69 Å². The second-order valence-electron chi connectivity index (χ2n) is 6.32. The van der Waals surface area contributed by atoms with Gasteiger partial charge in [-0.25, -0.2) is 4.98 Å². The predicted octanol–water partition coefficient (Wildman–Crippen LogP) is 6.49. The van der Waals surface area contributed by atoms with E-state index in [0.29, 0.717) is 34.0 Å². The minimum Gasteiger partial charge on any atom is -0.504 e. The van der Waals surface area contributed by atoms with Gasteiger partial charge in [-0.3, -0.25) is 4.99 Å². The van der Waals surface area contributed by atoms with E-state index in [1.165, 1.54) is 7.11 Å². The van der Waals surface area contributed by atoms with Gasteiger partial charge in [0.2, 0.25) is 5.89 Å². The molecule has 1 heterocycles. The first-order chi connectivity index (χ1) is 14.5. The number of hydrogen-bond acceptors (Lipinski definition) is 6. The van der Waals surface area contributed by atoms with Crippen molar-refractivity contribution in [1.29, 1.82) is 0 Å². The van der Waals surface area contributed by atoms with Crippen LogP contribution in [-0.2, 0) is 0 Å². The maximum absolute atomic E-state index is 10.3. The molecule has 0 atom stereocenters. The Labute approximate surface area is 189 Å². The van der Waals surface area contributed by atoms with E-state index in [9.17, 15) is 5.11 Å². The van der Waals surface area contributed by atoms with Crippen molar-refractivity contribution in [1.82, 2.24) is 4.98 Å². The molecule has 0 radical (unpaired) electrons. The number of phenolic OH excluding ortho intramolecular Hbond substituents is 1. The highest BCUT2D eigenvalue weighted by Crippen LogP contribution is 2.34. The first kappa shape index (κ1) is 20.4. The van der Waals surface area contributed by atoms with Crippen LogP contribution in [0.5, 0.6) is 17.2 Å². The standard InChI is InChI=1S/C22H16Br2N2O4/c1-28-18-5-3-12(8-16(18)24)22-26-17-10-15(4-6-19(17)30-22)25-11-13-7-14(23)9-20(29-2)21(13)27/h3-11,27H,1-2H3. The molecule has 0 bridgehead atoms. The number of ether oxygens (including phenoxy) is 2. The molecule has 1 aromatic heterocycles. The fourth-order valence-electron chi connectivity index (χ4n) is 2.91. The van der Waals surface area contributed by atoms with Gasteiger partial charge < -0.3 is 19.0 Å². The molecule has 0 aliphatic rings. The smallest absolute Gasteiger partial charge is 0.227 e. The van der Waals surface area contributed by atoms with Gasteiger partial charge in [0.15, 0.2) is 17.1 Å². The van der Waals surface area contributed by atoms with Gasteiger partial charge >= 0.3 is 0 Å². The van der Waals surface area contributed by atoms with Crippen LogP contribution in [0.3, 0.4) is 0 Å². The van der Waals surface area contributed by atoms with Crippen molar-refractivity contribution in [2.45, 2.75) is 0 Å². The molecule has 1 N–H and O–H groups in total. The SMILES string of the molecule is COc1ccc(-c2nc3cc(N=Cc4cc(Br)cc(OC)c4O)ccc3o2)cc1Br. The lowest BCUT2D eigenvalue weighted by Gasteiger charge is -2.06. The van der Waals surface area contributed by atoms with Gasteiger partial charge in [-0.1, -0.05) is 15.9 Å². The number of methoxy groups -OCH3 is 2. The summed E-state index contributed by atoms with van der Waals surface area (Å²) in [6, 6.07) is 14.5. The van der Waals surface area contributed by atoms with E-state index in [1.807, 2.05) is 36.4 Å². The zero-order valence-electron chi connectivity index (χ0n) is 16.0. The van der Waals surface area contributed by atoms with Crippen molar-refractivity contribution in [2.75, 3.05) is 14.2 Å². The lowest BCUT2D eigenvalue weighted by molar-refractivity contribution is 0.373. The van der Waals surface area contributed by atoms with E-state index in [1.54, 1.807) is 25.5 Å². The van der Waals surface area contributed by atoms with Crippen molar-refractivity contribution in [2.24, 2.45) is 4.99 Å². The van der Waals surface area contributed by atoms with Gasteiger partial charge in [-0.2, -0.15) is 0 Å². The van der Waals surface area contributed by atoms with Crippen molar-refractivity contribution in [3.05, 3.63) is 63.0 Å². The number of phenols is 1. The molecule has 8 heteroatoms. The molecule has 0 aliphatic heterocycles. The molecule has 4 aromatic rings. The van der Waals surface area contributed by atoms with Gasteiger partial charge in [0.25, 0.3) is 0 Å². The van der Waals surface area contributed by atoms with Crippen LogP contribution in [0.2, 0.25) is 0 Å². The molecule has 6 nitrogen and oxygen atoms in total. The van der Waals surface area contributed by atoms with Crippen LogP contribution >= 0.6 is 31.9 Å². The van der Waals surface area contributed by atoms with Gasteiger partial charge in [0, 0.05) is 21.8 Å². The molecule has 0 spiro atoms. The number of fused-ring (bicyclic) bond motifs is 1. The second-order valence-corrected chi connectivity index (χ2v) is 8.09. The molecule has 0 fully saturated rings. The highest BCUT2D eigenvalue weighted by Gasteiger charge is 2.12. The van der Waals surface area contributed by atoms with Crippen molar-refractivity contribution in [3.63, 3.8) is 0 Å². The normalized spacial score (nSPS) is 11.3. The Balaban J connectivity index is 1.66. The number of benzene rings is 3. The van der Waals surface area contributed by atoms with E-state index in [0.717, 1.165) is 20.3 Å². The van der Waals surface area contributed by atoms with Crippen molar-refractivity contribution < 1.29 is 19.0 Å². The Morgan fingerprint density at radius 1 is 1.00 bits per heavy atom. The molecule has 0 saturated heterocycles. The lowest BCUT2D eigenvalue weighted by atomic mass is 10.2. The quantitative estimate of drug-likeness (QED) is 0.298. The number of aromatic nitrogens is 1. The first-order valence-corrected chi connectivity index (χ1v) is 10.4.